The lowest BCUT2D eigenvalue weighted by Crippen LogP contribution is -2.47. The van der Waals surface area contributed by atoms with Crippen LogP contribution in [0.3, 0.4) is 0 Å². The third-order valence-corrected chi connectivity index (χ3v) is 3.35. The Morgan fingerprint density at radius 2 is 2.12 bits per heavy atom. The molecule has 0 fully saturated rings. The monoisotopic (exact) mass is 344 g/mol. The van der Waals surface area contributed by atoms with Crippen molar-refractivity contribution >= 4 is 18.1 Å². The molecule has 25 heavy (non-hydrogen) atoms. The molecule has 0 radical (unpaired) electrons. The van der Waals surface area contributed by atoms with Gasteiger partial charge in [-0.25, -0.2) is 0 Å². The topological polar surface area (TPSA) is 114 Å². The van der Waals surface area contributed by atoms with E-state index in [1.807, 2.05) is 13.8 Å². The third-order valence-electron chi connectivity index (χ3n) is 3.35. The predicted molar refractivity (Wildman–Crippen MR) is 89.5 cm³/mol. The molecule has 0 saturated heterocycles. The molecule has 0 spiro atoms. The van der Waals surface area contributed by atoms with Crippen molar-refractivity contribution in [3.63, 3.8) is 0 Å². The molecule has 2 N–H and O–H groups in total. The SMILES string of the molecule is CC(C)C[C@H](NC(=O)c1cc(-c2ccccn2)on1)C(=O)NCC=O. The average molecular weight is 344 g/mol. The lowest BCUT2D eigenvalue weighted by molar-refractivity contribution is -0.124. The highest BCUT2D eigenvalue weighted by Crippen LogP contribution is 2.17. The van der Waals surface area contributed by atoms with E-state index in [4.69, 9.17) is 4.52 Å². The molecule has 1 atom stereocenters. The van der Waals surface area contributed by atoms with Crippen LogP contribution in [-0.4, -0.2) is 40.8 Å². The first-order chi connectivity index (χ1) is 12.0. The molecule has 8 heteroatoms. The summed E-state index contributed by atoms with van der Waals surface area (Å²) in [5, 5.41) is 8.81. The van der Waals surface area contributed by atoms with E-state index in [0.717, 1.165) is 0 Å². The normalized spacial score (nSPS) is 11.8. The van der Waals surface area contributed by atoms with Crippen LogP contribution in [0.5, 0.6) is 0 Å². The van der Waals surface area contributed by atoms with Crippen LogP contribution in [-0.2, 0) is 9.59 Å². The van der Waals surface area contributed by atoms with Crippen molar-refractivity contribution in [1.82, 2.24) is 20.8 Å². The number of nitrogens with zero attached hydrogens (tertiary/aromatic N) is 2. The van der Waals surface area contributed by atoms with Gasteiger partial charge in [0.15, 0.2) is 11.5 Å². The fourth-order valence-corrected chi connectivity index (χ4v) is 2.21. The first kappa shape index (κ1) is 18.3. The van der Waals surface area contributed by atoms with Gasteiger partial charge in [-0.15, -0.1) is 0 Å². The summed E-state index contributed by atoms with van der Waals surface area (Å²) in [6.07, 6.45) is 2.62. The Morgan fingerprint density at radius 3 is 2.76 bits per heavy atom. The second-order valence-electron chi connectivity index (χ2n) is 5.86. The van der Waals surface area contributed by atoms with Crippen LogP contribution in [0.25, 0.3) is 11.5 Å². The molecule has 2 rings (SSSR count). The first-order valence-electron chi connectivity index (χ1n) is 7.91. The zero-order valence-electron chi connectivity index (χ0n) is 14.1. The Bertz CT molecular complexity index is 727. The van der Waals surface area contributed by atoms with Gasteiger partial charge in [0, 0.05) is 12.3 Å². The minimum atomic E-state index is -0.762. The minimum Gasteiger partial charge on any atom is -0.354 e. The number of aldehydes is 1. The zero-order valence-corrected chi connectivity index (χ0v) is 14.1. The molecule has 8 nitrogen and oxygen atoms in total. The van der Waals surface area contributed by atoms with Crippen molar-refractivity contribution in [1.29, 1.82) is 0 Å². The number of aromatic nitrogens is 2. The standard InChI is InChI=1S/C17H20N4O4/c1-11(2)9-13(16(23)19-7-8-22)20-17(24)14-10-15(25-21-14)12-5-3-4-6-18-12/h3-6,8,10-11,13H,7,9H2,1-2H3,(H,19,23)(H,20,24)/t13-/m0/s1. The maximum atomic E-state index is 12.4. The van der Waals surface area contributed by atoms with E-state index in [-0.39, 0.29) is 18.2 Å². The number of hydrogen-bond donors (Lipinski definition) is 2. The Balaban J connectivity index is 2.08. The molecule has 0 aliphatic carbocycles. The number of rotatable bonds is 8. The van der Waals surface area contributed by atoms with Crippen LogP contribution in [0, 0.1) is 5.92 Å². The molecule has 0 aromatic carbocycles. The number of carbonyl (C=O) groups is 3. The molecule has 0 saturated carbocycles. The smallest absolute Gasteiger partial charge is 0.274 e. The highest BCUT2D eigenvalue weighted by Gasteiger charge is 2.24. The van der Waals surface area contributed by atoms with E-state index < -0.39 is 17.9 Å². The highest BCUT2D eigenvalue weighted by molar-refractivity contribution is 5.96. The van der Waals surface area contributed by atoms with E-state index in [1.54, 1.807) is 24.4 Å². The van der Waals surface area contributed by atoms with Crippen molar-refractivity contribution in [3.8, 4) is 11.5 Å². The summed E-state index contributed by atoms with van der Waals surface area (Å²) in [4.78, 5) is 39.0. The molecular weight excluding hydrogens is 324 g/mol. The first-order valence-corrected chi connectivity index (χ1v) is 7.91. The Hall–Kier alpha value is -3.03. The predicted octanol–water partition coefficient (Wildman–Crippen LogP) is 1.20. The van der Waals surface area contributed by atoms with Gasteiger partial charge < -0.3 is 20.0 Å². The quantitative estimate of drug-likeness (QED) is 0.695. The maximum Gasteiger partial charge on any atom is 0.274 e. The second kappa shape index (κ2) is 8.72. The summed E-state index contributed by atoms with van der Waals surface area (Å²) in [6.45, 7) is 3.76. The largest absolute Gasteiger partial charge is 0.354 e. The lowest BCUT2D eigenvalue weighted by Gasteiger charge is -2.18. The molecule has 0 aliphatic rings. The number of nitrogens with one attached hydrogen (secondary N) is 2. The molecule has 2 heterocycles. The maximum absolute atomic E-state index is 12.4. The molecule has 2 aromatic heterocycles. The molecule has 0 bridgehead atoms. The van der Waals surface area contributed by atoms with Gasteiger partial charge in [-0.05, 0) is 24.5 Å². The van der Waals surface area contributed by atoms with Gasteiger partial charge in [-0.2, -0.15) is 0 Å². The number of pyridine rings is 1. The van der Waals surface area contributed by atoms with Crippen LogP contribution in [0.4, 0.5) is 0 Å². The van der Waals surface area contributed by atoms with Gasteiger partial charge in [0.1, 0.15) is 18.0 Å². The summed E-state index contributed by atoms with van der Waals surface area (Å²) in [5.74, 6) is -0.411. The summed E-state index contributed by atoms with van der Waals surface area (Å²) in [7, 11) is 0. The van der Waals surface area contributed by atoms with Gasteiger partial charge in [-0.1, -0.05) is 25.1 Å². The van der Waals surface area contributed by atoms with E-state index in [9.17, 15) is 14.4 Å². The van der Waals surface area contributed by atoms with Crippen molar-refractivity contribution in [2.45, 2.75) is 26.3 Å². The van der Waals surface area contributed by atoms with Crippen molar-refractivity contribution < 1.29 is 18.9 Å². The zero-order chi connectivity index (χ0) is 18.2. The molecule has 0 aliphatic heterocycles. The molecular formula is C17H20N4O4. The van der Waals surface area contributed by atoms with Crippen LogP contribution < -0.4 is 10.6 Å². The van der Waals surface area contributed by atoms with Crippen LogP contribution in [0.15, 0.2) is 35.0 Å². The fraction of sp³-hybridized carbons (Fsp3) is 0.353. The van der Waals surface area contributed by atoms with Gasteiger partial charge in [0.2, 0.25) is 5.91 Å². The molecule has 2 aromatic rings. The summed E-state index contributed by atoms with van der Waals surface area (Å²) < 4.78 is 5.14. The van der Waals surface area contributed by atoms with E-state index in [2.05, 4.69) is 20.8 Å². The number of carbonyl (C=O) groups excluding carboxylic acids is 3. The lowest BCUT2D eigenvalue weighted by atomic mass is 10.0. The average Bonchev–Trinajstić information content (AvgIpc) is 3.09. The Labute approximate surface area is 145 Å². The molecule has 132 valence electrons. The Morgan fingerprint density at radius 1 is 1.32 bits per heavy atom. The summed E-state index contributed by atoms with van der Waals surface area (Å²) in [6, 6.07) is 5.99. The number of hydrogen-bond acceptors (Lipinski definition) is 6. The molecule has 0 unspecified atom stereocenters. The third kappa shape index (κ3) is 5.23. The van der Waals surface area contributed by atoms with E-state index in [1.165, 1.54) is 6.07 Å². The van der Waals surface area contributed by atoms with Crippen molar-refractivity contribution in [2.75, 3.05) is 6.54 Å². The highest BCUT2D eigenvalue weighted by atomic mass is 16.5. The van der Waals surface area contributed by atoms with Gasteiger partial charge >= 0.3 is 0 Å². The van der Waals surface area contributed by atoms with Crippen LogP contribution in [0.2, 0.25) is 0 Å². The summed E-state index contributed by atoms with van der Waals surface area (Å²) in [5.41, 5.74) is 0.606. The second-order valence-corrected chi connectivity index (χ2v) is 5.86. The summed E-state index contributed by atoms with van der Waals surface area (Å²) >= 11 is 0. The van der Waals surface area contributed by atoms with Crippen molar-refractivity contribution in [3.05, 3.63) is 36.2 Å². The van der Waals surface area contributed by atoms with Crippen LogP contribution in [0.1, 0.15) is 30.8 Å². The Kier molecular flexibility index (Phi) is 6.39. The van der Waals surface area contributed by atoms with Gasteiger partial charge in [-0.3, -0.25) is 14.6 Å². The van der Waals surface area contributed by atoms with Crippen molar-refractivity contribution in [2.24, 2.45) is 5.92 Å². The fourth-order valence-electron chi connectivity index (χ4n) is 2.21. The van der Waals surface area contributed by atoms with Gasteiger partial charge in [0.25, 0.3) is 5.91 Å². The van der Waals surface area contributed by atoms with Crippen LogP contribution >= 0.6 is 0 Å². The number of amides is 2. The molecule has 2 amide bonds. The van der Waals surface area contributed by atoms with Gasteiger partial charge in [0.05, 0.1) is 6.54 Å². The minimum absolute atomic E-state index is 0.0533. The van der Waals surface area contributed by atoms with E-state index in [0.29, 0.717) is 24.2 Å². The van der Waals surface area contributed by atoms with E-state index >= 15 is 0 Å².